The van der Waals surface area contributed by atoms with E-state index >= 15 is 0 Å². The minimum atomic E-state index is -0.763. The van der Waals surface area contributed by atoms with Crippen molar-refractivity contribution in [3.8, 4) is 11.1 Å². The van der Waals surface area contributed by atoms with Crippen molar-refractivity contribution in [3.63, 3.8) is 0 Å². The Labute approximate surface area is 192 Å². The van der Waals surface area contributed by atoms with Gasteiger partial charge in [0.25, 0.3) is 0 Å². The van der Waals surface area contributed by atoms with Crippen molar-refractivity contribution in [1.82, 2.24) is 5.32 Å². The van der Waals surface area contributed by atoms with Gasteiger partial charge in [0.05, 0.1) is 5.41 Å². The SMILES string of the molecule is O=C(NCC=Cc1cccc(C2(C(=O)O)CC2)c1)OCC1c2ccccc2-c2ccccc21. The number of carboxylic acid groups (broad SMARTS) is 1. The molecular weight excluding hydrogens is 414 g/mol. The van der Waals surface area contributed by atoms with E-state index in [1.807, 2.05) is 60.7 Å². The van der Waals surface area contributed by atoms with Gasteiger partial charge in [-0.25, -0.2) is 4.79 Å². The largest absolute Gasteiger partial charge is 0.481 e. The summed E-state index contributed by atoms with van der Waals surface area (Å²) < 4.78 is 5.54. The van der Waals surface area contributed by atoms with E-state index in [9.17, 15) is 14.7 Å². The van der Waals surface area contributed by atoms with Crippen molar-refractivity contribution >= 4 is 18.1 Å². The monoisotopic (exact) mass is 439 g/mol. The van der Waals surface area contributed by atoms with Crippen LogP contribution in [-0.4, -0.2) is 30.3 Å². The molecule has 2 N–H and O–H groups in total. The quantitative estimate of drug-likeness (QED) is 0.520. The summed E-state index contributed by atoms with van der Waals surface area (Å²) in [6, 6.07) is 24.0. The average molecular weight is 440 g/mol. The lowest BCUT2D eigenvalue weighted by atomic mass is 9.94. The fourth-order valence-corrected chi connectivity index (χ4v) is 4.68. The zero-order valence-corrected chi connectivity index (χ0v) is 18.2. The molecule has 0 aliphatic heterocycles. The molecule has 3 aromatic rings. The highest BCUT2D eigenvalue weighted by Gasteiger charge is 2.51. The highest BCUT2D eigenvalue weighted by atomic mass is 16.5. The smallest absolute Gasteiger partial charge is 0.407 e. The second-order valence-electron chi connectivity index (χ2n) is 8.62. The molecule has 0 saturated heterocycles. The maximum atomic E-state index is 12.3. The van der Waals surface area contributed by atoms with Gasteiger partial charge >= 0.3 is 12.1 Å². The van der Waals surface area contributed by atoms with Crippen molar-refractivity contribution in [2.45, 2.75) is 24.2 Å². The van der Waals surface area contributed by atoms with Crippen molar-refractivity contribution in [2.24, 2.45) is 0 Å². The van der Waals surface area contributed by atoms with Gasteiger partial charge in [-0.15, -0.1) is 0 Å². The molecule has 2 aliphatic carbocycles. The molecule has 0 heterocycles. The molecule has 0 unspecified atom stereocenters. The lowest BCUT2D eigenvalue weighted by Gasteiger charge is -2.14. The first-order valence-electron chi connectivity index (χ1n) is 11.2. The molecule has 1 saturated carbocycles. The number of amides is 1. The first kappa shape index (κ1) is 21.0. The summed E-state index contributed by atoms with van der Waals surface area (Å²) in [5.74, 6) is -0.731. The number of ether oxygens (including phenoxy) is 1. The second kappa shape index (κ2) is 8.58. The lowest BCUT2D eigenvalue weighted by Crippen LogP contribution is -2.26. The van der Waals surface area contributed by atoms with Gasteiger partial charge in [-0.1, -0.05) is 84.9 Å². The van der Waals surface area contributed by atoms with Crippen LogP contribution in [0.25, 0.3) is 17.2 Å². The second-order valence-corrected chi connectivity index (χ2v) is 8.62. The van der Waals surface area contributed by atoms with Gasteiger partial charge in [0.2, 0.25) is 0 Å². The van der Waals surface area contributed by atoms with Gasteiger partial charge in [-0.3, -0.25) is 4.79 Å². The third-order valence-corrected chi connectivity index (χ3v) is 6.62. The van der Waals surface area contributed by atoms with Gasteiger partial charge in [-0.05, 0) is 46.2 Å². The van der Waals surface area contributed by atoms with Crippen LogP contribution in [0.5, 0.6) is 0 Å². The first-order valence-corrected chi connectivity index (χ1v) is 11.2. The molecule has 0 bridgehead atoms. The van der Waals surface area contributed by atoms with Crippen molar-refractivity contribution in [2.75, 3.05) is 13.2 Å². The highest BCUT2D eigenvalue weighted by Crippen LogP contribution is 2.48. The molecule has 2 aliphatic rings. The summed E-state index contributed by atoms with van der Waals surface area (Å²) in [7, 11) is 0. The number of hydrogen-bond acceptors (Lipinski definition) is 3. The molecule has 1 fully saturated rings. The number of carbonyl (C=O) groups is 2. The topological polar surface area (TPSA) is 75.6 Å². The summed E-state index contributed by atoms with van der Waals surface area (Å²) in [6.07, 6.45) is 4.61. The van der Waals surface area contributed by atoms with Crippen molar-refractivity contribution in [3.05, 3.63) is 101 Å². The Hall–Kier alpha value is -3.86. The predicted molar refractivity (Wildman–Crippen MR) is 127 cm³/mol. The molecule has 1 amide bonds. The number of aliphatic carboxylic acids is 1. The van der Waals surface area contributed by atoms with Crippen LogP contribution in [0.1, 0.15) is 41.0 Å². The van der Waals surface area contributed by atoms with Gasteiger partial charge in [0.1, 0.15) is 6.61 Å². The standard InChI is InChI=1S/C28H25NO4/c30-26(31)28(14-15-28)20-9-5-7-19(17-20)8-6-16-29-27(32)33-18-25-23-12-3-1-10-21(23)22-11-2-4-13-24(22)25/h1-13,17,25H,14-16,18H2,(H,29,32)(H,30,31). The molecule has 0 aromatic heterocycles. The number of fused-ring (bicyclic) bond motifs is 3. The zero-order chi connectivity index (χ0) is 22.8. The van der Waals surface area contributed by atoms with Crippen molar-refractivity contribution in [1.29, 1.82) is 0 Å². The van der Waals surface area contributed by atoms with Crippen LogP contribution < -0.4 is 5.32 Å². The number of benzene rings is 3. The number of alkyl carbamates (subject to hydrolysis) is 1. The highest BCUT2D eigenvalue weighted by molar-refractivity contribution is 5.85. The zero-order valence-electron chi connectivity index (χ0n) is 18.2. The van der Waals surface area contributed by atoms with Gasteiger partial charge in [0.15, 0.2) is 0 Å². The van der Waals surface area contributed by atoms with Gasteiger partial charge < -0.3 is 15.2 Å². The molecule has 0 radical (unpaired) electrons. The molecule has 0 spiro atoms. The molecule has 3 aromatic carbocycles. The summed E-state index contributed by atoms with van der Waals surface area (Å²) in [5.41, 5.74) is 5.79. The summed E-state index contributed by atoms with van der Waals surface area (Å²) in [5, 5.41) is 12.2. The third-order valence-electron chi connectivity index (χ3n) is 6.62. The van der Waals surface area contributed by atoms with E-state index < -0.39 is 17.5 Å². The number of carbonyl (C=O) groups excluding carboxylic acids is 1. The van der Waals surface area contributed by atoms with Crippen LogP contribution in [-0.2, 0) is 14.9 Å². The molecule has 5 rings (SSSR count). The summed E-state index contributed by atoms with van der Waals surface area (Å²) in [4.78, 5) is 23.8. The van der Waals surface area contributed by atoms with E-state index in [0.717, 1.165) is 11.1 Å². The van der Waals surface area contributed by atoms with E-state index in [1.54, 1.807) is 0 Å². The molecule has 0 atom stereocenters. The predicted octanol–water partition coefficient (Wildman–Crippen LogP) is 5.35. The number of carboxylic acids is 1. The van der Waals surface area contributed by atoms with Crippen LogP contribution >= 0.6 is 0 Å². The van der Waals surface area contributed by atoms with Crippen LogP contribution in [0.4, 0.5) is 4.79 Å². The minimum Gasteiger partial charge on any atom is -0.481 e. The van der Waals surface area contributed by atoms with E-state index in [0.29, 0.717) is 19.4 Å². The van der Waals surface area contributed by atoms with E-state index in [-0.39, 0.29) is 12.5 Å². The molecule has 5 nitrogen and oxygen atoms in total. The Bertz CT molecular complexity index is 1200. The Morgan fingerprint density at radius 1 is 0.970 bits per heavy atom. The first-order chi connectivity index (χ1) is 16.1. The lowest BCUT2D eigenvalue weighted by molar-refractivity contribution is -0.140. The summed E-state index contributed by atoms with van der Waals surface area (Å²) >= 11 is 0. The molecule has 33 heavy (non-hydrogen) atoms. The molecular formula is C28H25NO4. The maximum absolute atomic E-state index is 12.3. The Balaban J connectivity index is 1.16. The van der Waals surface area contributed by atoms with Crippen LogP contribution in [0.2, 0.25) is 0 Å². The van der Waals surface area contributed by atoms with Crippen LogP contribution in [0.3, 0.4) is 0 Å². The van der Waals surface area contributed by atoms with Crippen molar-refractivity contribution < 1.29 is 19.4 Å². The Morgan fingerprint density at radius 3 is 2.27 bits per heavy atom. The van der Waals surface area contributed by atoms with E-state index in [4.69, 9.17) is 4.74 Å². The van der Waals surface area contributed by atoms with Crippen LogP contribution in [0.15, 0.2) is 78.9 Å². The Morgan fingerprint density at radius 2 is 1.64 bits per heavy atom. The minimum absolute atomic E-state index is 0.0328. The van der Waals surface area contributed by atoms with Gasteiger partial charge in [-0.2, -0.15) is 0 Å². The summed E-state index contributed by atoms with van der Waals surface area (Å²) in [6.45, 7) is 0.605. The van der Waals surface area contributed by atoms with E-state index in [1.165, 1.54) is 22.3 Å². The molecule has 166 valence electrons. The van der Waals surface area contributed by atoms with Crippen LogP contribution in [0, 0.1) is 0 Å². The van der Waals surface area contributed by atoms with E-state index in [2.05, 4.69) is 29.6 Å². The average Bonchev–Trinajstić information content (AvgIpc) is 3.60. The number of hydrogen-bond donors (Lipinski definition) is 2. The number of rotatable bonds is 7. The molecule has 5 heteroatoms. The maximum Gasteiger partial charge on any atom is 0.407 e. The third kappa shape index (κ3) is 4.02. The normalized spacial score (nSPS) is 15.6. The fourth-order valence-electron chi connectivity index (χ4n) is 4.68. The Kier molecular flexibility index (Phi) is 5.47. The van der Waals surface area contributed by atoms with Gasteiger partial charge in [0, 0.05) is 12.5 Å². The fraction of sp³-hybridized carbons (Fsp3) is 0.214. The number of nitrogens with one attached hydrogen (secondary N) is 1.